The Morgan fingerprint density at radius 2 is 1.92 bits per heavy atom. The van der Waals surface area contributed by atoms with Gasteiger partial charge < -0.3 is 10.1 Å². The summed E-state index contributed by atoms with van der Waals surface area (Å²) in [5.74, 6) is 0.454. The number of fused-ring (bicyclic) bond motifs is 1. The quantitative estimate of drug-likeness (QED) is 0.554. The Labute approximate surface area is 164 Å². The highest BCUT2D eigenvalue weighted by Gasteiger charge is 2.13. The molecule has 3 aromatic carbocycles. The first-order chi connectivity index (χ1) is 12.0. The normalized spacial score (nSPS) is 10.7. The SMILES string of the molecule is COc1ccc2cc(Br)ccc2c1CNC(=O)c1ccc(Cl)cc1Cl. The standard InChI is InChI=1S/C19H14BrCl2NO2/c1-25-18-7-2-11-8-12(20)3-5-14(11)16(18)10-23-19(24)15-6-4-13(21)9-17(15)22/h2-9H,10H2,1H3,(H,23,24). The van der Waals surface area contributed by atoms with E-state index < -0.39 is 0 Å². The van der Waals surface area contributed by atoms with Crippen LogP contribution < -0.4 is 10.1 Å². The fourth-order valence-corrected chi connectivity index (χ4v) is 3.53. The first-order valence-electron chi connectivity index (χ1n) is 7.48. The van der Waals surface area contributed by atoms with Crippen LogP contribution in [-0.2, 0) is 6.54 Å². The number of hydrogen-bond acceptors (Lipinski definition) is 2. The Morgan fingerprint density at radius 1 is 1.12 bits per heavy atom. The largest absolute Gasteiger partial charge is 0.496 e. The van der Waals surface area contributed by atoms with Crippen molar-refractivity contribution < 1.29 is 9.53 Å². The molecule has 3 aromatic rings. The minimum absolute atomic E-state index is 0.266. The summed E-state index contributed by atoms with van der Waals surface area (Å²) >= 11 is 15.5. The van der Waals surface area contributed by atoms with Crippen LogP contribution in [0.3, 0.4) is 0 Å². The van der Waals surface area contributed by atoms with Gasteiger partial charge in [-0.3, -0.25) is 4.79 Å². The lowest BCUT2D eigenvalue weighted by molar-refractivity contribution is 0.0951. The molecular formula is C19H14BrCl2NO2. The van der Waals surface area contributed by atoms with E-state index >= 15 is 0 Å². The minimum Gasteiger partial charge on any atom is -0.496 e. The maximum absolute atomic E-state index is 12.5. The smallest absolute Gasteiger partial charge is 0.253 e. The number of halogens is 3. The van der Waals surface area contributed by atoms with Crippen LogP contribution in [0.2, 0.25) is 10.0 Å². The van der Waals surface area contributed by atoms with Crippen molar-refractivity contribution in [3.05, 3.63) is 74.2 Å². The van der Waals surface area contributed by atoms with Crippen molar-refractivity contribution >= 4 is 55.8 Å². The van der Waals surface area contributed by atoms with E-state index in [4.69, 9.17) is 27.9 Å². The summed E-state index contributed by atoms with van der Waals surface area (Å²) in [5, 5.41) is 5.78. The summed E-state index contributed by atoms with van der Waals surface area (Å²) in [6.45, 7) is 0.319. The third kappa shape index (κ3) is 3.92. The Balaban J connectivity index is 1.90. The van der Waals surface area contributed by atoms with Crippen molar-refractivity contribution in [2.24, 2.45) is 0 Å². The van der Waals surface area contributed by atoms with Crippen LogP contribution in [0.15, 0.2) is 53.0 Å². The highest BCUT2D eigenvalue weighted by Crippen LogP contribution is 2.30. The van der Waals surface area contributed by atoms with Crippen LogP contribution in [0.25, 0.3) is 10.8 Å². The van der Waals surface area contributed by atoms with Gasteiger partial charge in [-0.15, -0.1) is 0 Å². The average molecular weight is 439 g/mol. The molecule has 1 N–H and O–H groups in total. The van der Waals surface area contributed by atoms with E-state index in [2.05, 4.69) is 21.2 Å². The van der Waals surface area contributed by atoms with Crippen LogP contribution >= 0.6 is 39.1 Å². The third-order valence-corrected chi connectivity index (χ3v) is 4.91. The summed E-state index contributed by atoms with van der Waals surface area (Å²) in [5.41, 5.74) is 1.29. The maximum atomic E-state index is 12.5. The Hall–Kier alpha value is -1.75. The van der Waals surface area contributed by atoms with E-state index in [-0.39, 0.29) is 5.91 Å². The van der Waals surface area contributed by atoms with Gasteiger partial charge in [-0.25, -0.2) is 0 Å². The highest BCUT2D eigenvalue weighted by atomic mass is 79.9. The van der Waals surface area contributed by atoms with E-state index in [1.807, 2.05) is 30.3 Å². The number of hydrogen-bond donors (Lipinski definition) is 1. The predicted octanol–water partition coefficient (Wildman–Crippen LogP) is 5.85. The molecule has 0 aliphatic heterocycles. The van der Waals surface area contributed by atoms with Crippen LogP contribution in [0.5, 0.6) is 5.75 Å². The Kier molecular flexibility index (Phi) is 5.52. The van der Waals surface area contributed by atoms with E-state index in [0.717, 1.165) is 26.6 Å². The lowest BCUT2D eigenvalue weighted by atomic mass is 10.0. The zero-order valence-corrected chi connectivity index (χ0v) is 16.4. The molecule has 0 radical (unpaired) electrons. The van der Waals surface area contributed by atoms with Crippen molar-refractivity contribution in [2.45, 2.75) is 6.54 Å². The van der Waals surface area contributed by atoms with Gasteiger partial charge in [0, 0.05) is 21.6 Å². The molecule has 0 aliphatic carbocycles. The van der Waals surface area contributed by atoms with E-state index in [1.54, 1.807) is 25.3 Å². The second kappa shape index (κ2) is 7.65. The van der Waals surface area contributed by atoms with Gasteiger partial charge in [0.2, 0.25) is 0 Å². The van der Waals surface area contributed by atoms with Crippen molar-refractivity contribution in [1.82, 2.24) is 5.32 Å². The van der Waals surface area contributed by atoms with Gasteiger partial charge in [-0.2, -0.15) is 0 Å². The maximum Gasteiger partial charge on any atom is 0.253 e. The molecule has 0 spiro atoms. The number of methoxy groups -OCH3 is 1. The van der Waals surface area contributed by atoms with E-state index in [9.17, 15) is 4.79 Å². The molecule has 1 amide bonds. The number of nitrogens with one attached hydrogen (secondary N) is 1. The average Bonchev–Trinajstić information content (AvgIpc) is 2.59. The number of carbonyl (C=O) groups is 1. The predicted molar refractivity (Wildman–Crippen MR) is 106 cm³/mol. The molecule has 128 valence electrons. The van der Waals surface area contributed by atoms with Crippen LogP contribution in [0, 0.1) is 0 Å². The number of amides is 1. The molecule has 0 saturated carbocycles. The molecular weight excluding hydrogens is 425 g/mol. The van der Waals surface area contributed by atoms with Crippen molar-refractivity contribution in [3.63, 3.8) is 0 Å². The molecule has 6 heteroatoms. The lowest BCUT2D eigenvalue weighted by Gasteiger charge is -2.14. The molecule has 0 aromatic heterocycles. The Morgan fingerprint density at radius 3 is 2.64 bits per heavy atom. The first kappa shape index (κ1) is 18.1. The number of benzene rings is 3. The molecule has 0 fully saturated rings. The molecule has 0 unspecified atom stereocenters. The first-order valence-corrected chi connectivity index (χ1v) is 9.03. The molecule has 3 rings (SSSR count). The van der Waals surface area contributed by atoms with Gasteiger partial charge in [0.05, 0.1) is 17.7 Å². The molecule has 3 nitrogen and oxygen atoms in total. The summed E-state index contributed by atoms with van der Waals surface area (Å²) in [4.78, 5) is 12.5. The van der Waals surface area contributed by atoms with Gasteiger partial charge in [-0.05, 0) is 47.2 Å². The summed E-state index contributed by atoms with van der Waals surface area (Å²) in [6.07, 6.45) is 0. The number of rotatable bonds is 4. The van der Waals surface area contributed by atoms with Gasteiger partial charge in [-0.1, -0.05) is 51.3 Å². The summed E-state index contributed by atoms with van der Waals surface area (Å²) < 4.78 is 6.45. The van der Waals surface area contributed by atoms with Crippen LogP contribution in [0.4, 0.5) is 0 Å². The molecule has 0 atom stereocenters. The molecule has 0 saturated heterocycles. The van der Waals surface area contributed by atoms with Crippen molar-refractivity contribution in [3.8, 4) is 5.75 Å². The molecule has 0 bridgehead atoms. The highest BCUT2D eigenvalue weighted by molar-refractivity contribution is 9.10. The minimum atomic E-state index is -0.266. The zero-order valence-electron chi connectivity index (χ0n) is 13.3. The van der Waals surface area contributed by atoms with E-state index in [0.29, 0.717) is 22.2 Å². The molecule has 25 heavy (non-hydrogen) atoms. The van der Waals surface area contributed by atoms with Crippen molar-refractivity contribution in [2.75, 3.05) is 7.11 Å². The van der Waals surface area contributed by atoms with Crippen LogP contribution in [0.1, 0.15) is 15.9 Å². The summed E-state index contributed by atoms with van der Waals surface area (Å²) in [7, 11) is 1.61. The van der Waals surface area contributed by atoms with Gasteiger partial charge in [0.1, 0.15) is 5.75 Å². The lowest BCUT2D eigenvalue weighted by Crippen LogP contribution is -2.23. The second-order valence-corrected chi connectivity index (χ2v) is 7.18. The van der Waals surface area contributed by atoms with E-state index in [1.165, 1.54) is 0 Å². The fraction of sp³-hybridized carbons (Fsp3) is 0.105. The van der Waals surface area contributed by atoms with Gasteiger partial charge in [0.25, 0.3) is 5.91 Å². The third-order valence-electron chi connectivity index (χ3n) is 3.87. The second-order valence-electron chi connectivity index (χ2n) is 5.42. The zero-order chi connectivity index (χ0) is 18.0. The molecule has 0 aliphatic rings. The Bertz CT molecular complexity index is 960. The topological polar surface area (TPSA) is 38.3 Å². The van der Waals surface area contributed by atoms with Gasteiger partial charge >= 0.3 is 0 Å². The van der Waals surface area contributed by atoms with Gasteiger partial charge in [0.15, 0.2) is 0 Å². The number of carbonyl (C=O) groups excluding carboxylic acids is 1. The monoisotopic (exact) mass is 437 g/mol. The number of ether oxygens (including phenoxy) is 1. The van der Waals surface area contributed by atoms with Crippen LogP contribution in [-0.4, -0.2) is 13.0 Å². The fourth-order valence-electron chi connectivity index (χ4n) is 2.66. The van der Waals surface area contributed by atoms with Crippen molar-refractivity contribution in [1.29, 1.82) is 0 Å². The molecule has 0 heterocycles. The summed E-state index contributed by atoms with van der Waals surface area (Å²) in [6, 6.07) is 14.7.